The van der Waals surface area contributed by atoms with Gasteiger partial charge in [0.05, 0.1) is 0 Å². The molecule has 1 saturated heterocycles. The number of amides is 2. The molecular weight excluding hydrogens is 348 g/mol. The average Bonchev–Trinajstić information content (AvgIpc) is 3.05. The molecule has 2 aliphatic rings. The third kappa shape index (κ3) is 3.82. The van der Waals surface area contributed by atoms with Crippen molar-refractivity contribution in [1.29, 1.82) is 0 Å². The molecule has 28 heavy (non-hydrogen) atoms. The van der Waals surface area contributed by atoms with E-state index in [1.54, 1.807) is 6.92 Å². The summed E-state index contributed by atoms with van der Waals surface area (Å²) in [6, 6.07) is 17.1. The number of hydrogen-bond donors (Lipinski definition) is 0. The van der Waals surface area contributed by atoms with Crippen molar-refractivity contribution in [2.24, 2.45) is 0 Å². The molecule has 4 heteroatoms. The van der Waals surface area contributed by atoms with Gasteiger partial charge in [0.1, 0.15) is 0 Å². The molecule has 0 saturated carbocycles. The third-order valence-electron chi connectivity index (χ3n) is 6.20. The van der Waals surface area contributed by atoms with Crippen molar-refractivity contribution < 1.29 is 9.59 Å². The average molecular weight is 377 g/mol. The maximum absolute atomic E-state index is 13.2. The Balaban J connectivity index is 1.58. The normalized spacial score (nSPS) is 17.3. The van der Waals surface area contributed by atoms with Gasteiger partial charge >= 0.3 is 0 Å². The van der Waals surface area contributed by atoms with Crippen LogP contribution in [0.2, 0.25) is 0 Å². The van der Waals surface area contributed by atoms with Gasteiger partial charge in [0.2, 0.25) is 11.8 Å². The Hall–Kier alpha value is -2.62. The molecule has 1 aliphatic heterocycles. The van der Waals surface area contributed by atoms with E-state index in [2.05, 4.69) is 48.5 Å². The summed E-state index contributed by atoms with van der Waals surface area (Å²) >= 11 is 0. The summed E-state index contributed by atoms with van der Waals surface area (Å²) in [5.41, 5.74) is 5.30. The molecule has 0 spiro atoms. The summed E-state index contributed by atoms with van der Waals surface area (Å²) < 4.78 is 0. The fourth-order valence-electron chi connectivity index (χ4n) is 4.65. The van der Waals surface area contributed by atoms with E-state index in [-0.39, 0.29) is 17.7 Å². The standard InChI is InChI=1S/C24H28N2O2/c1-18(27)25-13-6-14-26(16-15-25)24(28)17-23-21-9-4-2-7-19(21)11-12-20-8-3-5-10-22(20)23/h2-5,7-10,23H,6,11-17H2,1H3. The Morgan fingerprint density at radius 1 is 0.821 bits per heavy atom. The number of hydrogen-bond acceptors (Lipinski definition) is 2. The van der Waals surface area contributed by atoms with Gasteiger partial charge in [-0.05, 0) is 41.5 Å². The van der Waals surface area contributed by atoms with Crippen LogP contribution in [0.25, 0.3) is 0 Å². The Kier molecular flexibility index (Phi) is 5.47. The predicted octanol–water partition coefficient (Wildman–Crippen LogP) is 3.39. The molecule has 146 valence electrons. The summed E-state index contributed by atoms with van der Waals surface area (Å²) in [5, 5.41) is 0. The van der Waals surface area contributed by atoms with Gasteiger partial charge in [-0.2, -0.15) is 0 Å². The molecule has 1 heterocycles. The summed E-state index contributed by atoms with van der Waals surface area (Å²) in [6.45, 7) is 4.36. The van der Waals surface area contributed by atoms with Crippen LogP contribution >= 0.6 is 0 Å². The van der Waals surface area contributed by atoms with Gasteiger partial charge in [-0.25, -0.2) is 0 Å². The second kappa shape index (κ2) is 8.17. The van der Waals surface area contributed by atoms with Crippen molar-refractivity contribution in [2.75, 3.05) is 26.2 Å². The second-order valence-electron chi connectivity index (χ2n) is 7.89. The van der Waals surface area contributed by atoms with Gasteiger partial charge in [-0.3, -0.25) is 9.59 Å². The van der Waals surface area contributed by atoms with Crippen molar-refractivity contribution in [3.8, 4) is 0 Å². The molecule has 4 rings (SSSR count). The first-order valence-corrected chi connectivity index (χ1v) is 10.3. The number of fused-ring (bicyclic) bond motifs is 2. The minimum absolute atomic E-state index is 0.0981. The lowest BCUT2D eigenvalue weighted by Crippen LogP contribution is -2.37. The van der Waals surface area contributed by atoms with Crippen molar-refractivity contribution in [3.63, 3.8) is 0 Å². The fourth-order valence-corrected chi connectivity index (χ4v) is 4.65. The number of nitrogens with zero attached hydrogens (tertiary/aromatic N) is 2. The molecule has 0 bridgehead atoms. The number of benzene rings is 2. The van der Waals surface area contributed by atoms with Crippen LogP contribution in [0.4, 0.5) is 0 Å². The lowest BCUT2D eigenvalue weighted by Gasteiger charge is -2.25. The van der Waals surface area contributed by atoms with Crippen LogP contribution in [0.1, 0.15) is 47.9 Å². The smallest absolute Gasteiger partial charge is 0.223 e. The Bertz CT molecular complexity index is 829. The first kappa shape index (κ1) is 18.7. The van der Waals surface area contributed by atoms with Crippen LogP contribution in [-0.2, 0) is 22.4 Å². The Morgan fingerprint density at radius 3 is 1.96 bits per heavy atom. The largest absolute Gasteiger partial charge is 0.341 e. The minimum atomic E-state index is 0.0981. The predicted molar refractivity (Wildman–Crippen MR) is 110 cm³/mol. The molecule has 0 atom stereocenters. The van der Waals surface area contributed by atoms with Crippen LogP contribution in [0.15, 0.2) is 48.5 Å². The van der Waals surface area contributed by atoms with E-state index in [0.29, 0.717) is 19.5 Å². The topological polar surface area (TPSA) is 40.6 Å². The quantitative estimate of drug-likeness (QED) is 0.806. The van der Waals surface area contributed by atoms with Gasteiger partial charge < -0.3 is 9.80 Å². The van der Waals surface area contributed by atoms with Gasteiger partial charge in [0, 0.05) is 45.4 Å². The minimum Gasteiger partial charge on any atom is -0.341 e. The molecule has 0 radical (unpaired) electrons. The van der Waals surface area contributed by atoms with Gasteiger partial charge in [-0.1, -0.05) is 48.5 Å². The highest BCUT2D eigenvalue weighted by molar-refractivity contribution is 5.78. The van der Waals surface area contributed by atoms with Gasteiger partial charge in [-0.15, -0.1) is 0 Å². The number of aryl methyl sites for hydroxylation is 2. The van der Waals surface area contributed by atoms with E-state index in [1.807, 2.05) is 9.80 Å². The van der Waals surface area contributed by atoms with Crippen LogP contribution in [0.3, 0.4) is 0 Å². The molecule has 0 unspecified atom stereocenters. The Labute approximate surface area is 167 Å². The second-order valence-corrected chi connectivity index (χ2v) is 7.89. The van der Waals surface area contributed by atoms with E-state index >= 15 is 0 Å². The van der Waals surface area contributed by atoms with Gasteiger partial charge in [0.25, 0.3) is 0 Å². The molecule has 2 amide bonds. The number of carbonyl (C=O) groups excluding carboxylic acids is 2. The first-order valence-electron chi connectivity index (χ1n) is 10.3. The van der Waals surface area contributed by atoms with Crippen LogP contribution in [0, 0.1) is 0 Å². The van der Waals surface area contributed by atoms with Crippen LogP contribution < -0.4 is 0 Å². The maximum atomic E-state index is 13.2. The van der Waals surface area contributed by atoms with E-state index in [1.165, 1.54) is 22.3 Å². The van der Waals surface area contributed by atoms with E-state index in [4.69, 9.17) is 0 Å². The molecule has 0 N–H and O–H groups in total. The summed E-state index contributed by atoms with van der Waals surface area (Å²) in [4.78, 5) is 28.7. The molecule has 2 aromatic carbocycles. The molecule has 1 fully saturated rings. The lowest BCUT2D eigenvalue weighted by atomic mass is 9.85. The van der Waals surface area contributed by atoms with Gasteiger partial charge in [0.15, 0.2) is 0 Å². The van der Waals surface area contributed by atoms with Crippen LogP contribution in [-0.4, -0.2) is 47.8 Å². The summed E-state index contributed by atoms with van der Waals surface area (Å²) in [5.74, 6) is 0.400. The zero-order valence-electron chi connectivity index (χ0n) is 16.6. The van der Waals surface area contributed by atoms with Crippen molar-refractivity contribution >= 4 is 11.8 Å². The lowest BCUT2D eigenvalue weighted by molar-refractivity contribution is -0.132. The highest BCUT2D eigenvalue weighted by atomic mass is 16.2. The van der Waals surface area contributed by atoms with E-state index in [9.17, 15) is 9.59 Å². The number of carbonyl (C=O) groups is 2. The Morgan fingerprint density at radius 2 is 1.36 bits per heavy atom. The highest BCUT2D eigenvalue weighted by Crippen LogP contribution is 2.36. The summed E-state index contributed by atoms with van der Waals surface area (Å²) in [7, 11) is 0. The number of rotatable bonds is 2. The third-order valence-corrected chi connectivity index (χ3v) is 6.20. The summed E-state index contributed by atoms with van der Waals surface area (Å²) in [6.07, 6.45) is 3.39. The van der Waals surface area contributed by atoms with Crippen molar-refractivity contribution in [1.82, 2.24) is 9.80 Å². The monoisotopic (exact) mass is 376 g/mol. The fraction of sp³-hybridized carbons (Fsp3) is 0.417. The zero-order chi connectivity index (χ0) is 19.5. The van der Waals surface area contributed by atoms with Crippen molar-refractivity contribution in [2.45, 2.75) is 38.5 Å². The van der Waals surface area contributed by atoms with Crippen molar-refractivity contribution in [3.05, 3.63) is 70.8 Å². The van der Waals surface area contributed by atoms with E-state index < -0.39 is 0 Å². The van der Waals surface area contributed by atoms with E-state index in [0.717, 1.165) is 32.4 Å². The van der Waals surface area contributed by atoms with Crippen LogP contribution in [0.5, 0.6) is 0 Å². The SMILES string of the molecule is CC(=O)N1CCCN(C(=O)CC2c3ccccc3CCc3ccccc32)CC1. The zero-order valence-corrected chi connectivity index (χ0v) is 16.6. The highest BCUT2D eigenvalue weighted by Gasteiger charge is 2.28. The molecule has 1 aliphatic carbocycles. The molecule has 4 nitrogen and oxygen atoms in total. The molecule has 0 aromatic heterocycles. The molecule has 2 aromatic rings. The maximum Gasteiger partial charge on any atom is 0.223 e. The molecular formula is C24H28N2O2. The first-order chi connectivity index (χ1) is 13.6.